The van der Waals surface area contributed by atoms with E-state index in [4.69, 9.17) is 25.7 Å². The number of anilines is 1. The summed E-state index contributed by atoms with van der Waals surface area (Å²) in [5.74, 6) is -0.816. The Bertz CT molecular complexity index is 2370. The minimum Gasteiger partial charge on any atom is -0.489 e. The van der Waals surface area contributed by atoms with Crippen LogP contribution < -0.4 is 26.3 Å². The first-order valence-electron chi connectivity index (χ1n) is 18.4. The van der Waals surface area contributed by atoms with Crippen LogP contribution in [-0.4, -0.2) is 43.4 Å². The fourth-order valence-electron chi connectivity index (χ4n) is 6.55. The van der Waals surface area contributed by atoms with Crippen LogP contribution in [0.5, 0.6) is 11.5 Å². The van der Waals surface area contributed by atoms with Crippen LogP contribution in [0.4, 0.5) is 5.69 Å². The van der Waals surface area contributed by atoms with Gasteiger partial charge in [0.15, 0.2) is 11.7 Å². The lowest BCUT2D eigenvalue weighted by Gasteiger charge is -2.20. The Labute approximate surface area is 325 Å². The van der Waals surface area contributed by atoms with E-state index in [0.717, 1.165) is 38.2 Å². The van der Waals surface area contributed by atoms with Crippen LogP contribution >= 0.6 is 0 Å². The molecule has 10 nitrogen and oxygen atoms in total. The van der Waals surface area contributed by atoms with Crippen LogP contribution in [0.25, 0.3) is 32.7 Å². The molecule has 0 aliphatic rings. The molecular formula is C46H44N4O6. The number of hydrogen-bond acceptors (Lipinski definition) is 7. The van der Waals surface area contributed by atoms with Crippen LogP contribution in [0, 0.1) is 5.92 Å². The van der Waals surface area contributed by atoms with Crippen molar-refractivity contribution in [2.45, 2.75) is 25.9 Å². The maximum atomic E-state index is 13.7. The van der Waals surface area contributed by atoms with E-state index in [1.807, 2.05) is 103 Å². The minimum atomic E-state index is -0.734. The molecule has 0 aliphatic heterocycles. The highest BCUT2D eigenvalue weighted by Crippen LogP contribution is 2.45. The number of fused-ring (bicyclic) bond motifs is 2. The first kappa shape index (κ1) is 38.8. The summed E-state index contributed by atoms with van der Waals surface area (Å²) in [6, 6.07) is 39.6. The number of carbonyl (C=O) groups is 3. The summed E-state index contributed by atoms with van der Waals surface area (Å²) in [7, 11) is 0. The average Bonchev–Trinajstić information content (AvgIpc) is 3.22. The second-order valence-electron chi connectivity index (χ2n) is 13.2. The molecule has 0 fully saturated rings. The average molecular weight is 749 g/mol. The largest absolute Gasteiger partial charge is 0.489 e. The molecule has 6 rings (SSSR count). The number of amides is 1. The van der Waals surface area contributed by atoms with Crippen LogP contribution in [0.15, 0.2) is 145 Å². The van der Waals surface area contributed by atoms with Crippen molar-refractivity contribution in [2.75, 3.05) is 25.1 Å². The molecule has 0 aromatic heterocycles. The fourth-order valence-corrected chi connectivity index (χ4v) is 6.55. The fraction of sp³-hybridized carbons (Fsp3) is 0.174. The van der Waals surface area contributed by atoms with Crippen LogP contribution in [0.1, 0.15) is 35.2 Å². The van der Waals surface area contributed by atoms with Crippen molar-refractivity contribution in [1.29, 1.82) is 0 Å². The molecule has 284 valence electrons. The van der Waals surface area contributed by atoms with Gasteiger partial charge in [0, 0.05) is 35.7 Å². The number of ether oxygens (including phenoxy) is 3. The molecule has 0 bridgehead atoms. The lowest BCUT2D eigenvalue weighted by molar-refractivity contribution is -0.127. The summed E-state index contributed by atoms with van der Waals surface area (Å²) >= 11 is 0. The Morgan fingerprint density at radius 3 is 2.05 bits per heavy atom. The van der Waals surface area contributed by atoms with Crippen LogP contribution in [0.3, 0.4) is 0 Å². The van der Waals surface area contributed by atoms with Crippen molar-refractivity contribution in [3.8, 4) is 22.6 Å². The SMILES string of the molecule is C=CCOc1ccc2ccccc2c1-c1c(OCC(=O)C[C@H](CCCN=C(N)N)C(=O)Nc2cccc(C(=O)OCc3ccccc3)c2)ccc2ccccc12. The number of hydrogen-bond donors (Lipinski definition) is 3. The quantitative estimate of drug-likeness (QED) is 0.0261. The van der Waals surface area contributed by atoms with E-state index in [1.165, 1.54) is 0 Å². The third-order valence-corrected chi connectivity index (χ3v) is 9.21. The summed E-state index contributed by atoms with van der Waals surface area (Å²) in [5, 5.41) is 6.80. The first-order chi connectivity index (χ1) is 27.3. The van der Waals surface area contributed by atoms with Gasteiger partial charge >= 0.3 is 5.97 Å². The first-order valence-corrected chi connectivity index (χ1v) is 18.4. The zero-order valence-electron chi connectivity index (χ0n) is 31.0. The minimum absolute atomic E-state index is 0.0538. The van der Waals surface area contributed by atoms with E-state index < -0.39 is 11.9 Å². The van der Waals surface area contributed by atoms with Gasteiger partial charge < -0.3 is 31.0 Å². The molecular weight excluding hydrogens is 705 g/mol. The monoisotopic (exact) mass is 748 g/mol. The van der Waals surface area contributed by atoms with Gasteiger partial charge in [0.25, 0.3) is 0 Å². The van der Waals surface area contributed by atoms with Crippen molar-refractivity contribution >= 4 is 50.9 Å². The van der Waals surface area contributed by atoms with Crippen molar-refractivity contribution in [1.82, 2.24) is 0 Å². The molecule has 0 saturated carbocycles. The number of ketones is 1. The molecule has 0 unspecified atom stereocenters. The van der Waals surface area contributed by atoms with Crippen LogP contribution in [-0.2, 0) is 20.9 Å². The van der Waals surface area contributed by atoms with Gasteiger partial charge in [-0.1, -0.05) is 110 Å². The van der Waals surface area contributed by atoms with E-state index in [0.29, 0.717) is 43.2 Å². The highest BCUT2D eigenvalue weighted by molar-refractivity contribution is 6.10. The number of rotatable bonds is 18. The smallest absolute Gasteiger partial charge is 0.338 e. The number of aliphatic imine (C=N–C) groups is 1. The molecule has 0 radical (unpaired) electrons. The van der Waals surface area contributed by atoms with Gasteiger partial charge in [-0.3, -0.25) is 14.6 Å². The Hall–Kier alpha value is -6.94. The second-order valence-corrected chi connectivity index (χ2v) is 13.2. The highest BCUT2D eigenvalue weighted by atomic mass is 16.5. The van der Waals surface area contributed by atoms with Gasteiger partial charge in [-0.25, -0.2) is 4.79 Å². The van der Waals surface area contributed by atoms with Gasteiger partial charge in [0.1, 0.15) is 31.3 Å². The van der Waals surface area contributed by atoms with Crippen molar-refractivity contribution in [3.05, 3.63) is 151 Å². The maximum Gasteiger partial charge on any atom is 0.338 e. The molecule has 1 amide bonds. The number of nitrogens with zero attached hydrogens (tertiary/aromatic N) is 1. The molecule has 1 atom stereocenters. The Kier molecular flexibility index (Phi) is 13.1. The summed E-state index contributed by atoms with van der Waals surface area (Å²) < 4.78 is 18.0. The van der Waals surface area contributed by atoms with Gasteiger partial charge in [-0.05, 0) is 70.3 Å². The van der Waals surface area contributed by atoms with E-state index in [-0.39, 0.29) is 42.8 Å². The Morgan fingerprint density at radius 2 is 1.39 bits per heavy atom. The predicted molar refractivity (Wildman–Crippen MR) is 222 cm³/mol. The molecule has 0 spiro atoms. The van der Waals surface area contributed by atoms with Crippen molar-refractivity contribution in [2.24, 2.45) is 22.4 Å². The molecule has 0 heterocycles. The highest BCUT2D eigenvalue weighted by Gasteiger charge is 2.24. The zero-order valence-corrected chi connectivity index (χ0v) is 31.0. The van der Waals surface area contributed by atoms with Gasteiger partial charge in [-0.15, -0.1) is 0 Å². The molecule has 6 aromatic rings. The predicted octanol–water partition coefficient (Wildman–Crippen LogP) is 8.23. The Balaban J connectivity index is 1.21. The van der Waals surface area contributed by atoms with Crippen molar-refractivity contribution < 1.29 is 28.6 Å². The molecule has 0 saturated heterocycles. The lowest BCUT2D eigenvalue weighted by Crippen LogP contribution is -2.27. The molecule has 5 N–H and O–H groups in total. The number of nitrogens with two attached hydrogens (primary N) is 2. The molecule has 10 heteroatoms. The molecule has 56 heavy (non-hydrogen) atoms. The number of Topliss-reactive ketones (excluding diaryl/α,β-unsaturated/α-hetero) is 1. The summed E-state index contributed by atoms with van der Waals surface area (Å²) in [6.07, 6.45) is 2.38. The van der Waals surface area contributed by atoms with Crippen LogP contribution in [0.2, 0.25) is 0 Å². The number of esters is 1. The second kappa shape index (κ2) is 18.9. The number of nitrogens with one attached hydrogen (secondary N) is 1. The van der Waals surface area contributed by atoms with Gasteiger partial charge in [0.2, 0.25) is 5.91 Å². The number of guanidine groups is 1. The van der Waals surface area contributed by atoms with E-state index in [9.17, 15) is 14.4 Å². The molecule has 0 aliphatic carbocycles. The van der Waals surface area contributed by atoms with Gasteiger partial charge in [-0.2, -0.15) is 0 Å². The zero-order chi connectivity index (χ0) is 39.3. The van der Waals surface area contributed by atoms with Crippen molar-refractivity contribution in [3.63, 3.8) is 0 Å². The Morgan fingerprint density at radius 1 is 0.750 bits per heavy atom. The maximum absolute atomic E-state index is 13.7. The third kappa shape index (κ3) is 9.97. The van der Waals surface area contributed by atoms with E-state index in [1.54, 1.807) is 30.3 Å². The van der Waals surface area contributed by atoms with E-state index >= 15 is 0 Å². The number of carbonyl (C=O) groups excluding carboxylic acids is 3. The molecule has 6 aromatic carbocycles. The van der Waals surface area contributed by atoms with Gasteiger partial charge in [0.05, 0.1) is 5.56 Å². The normalized spacial score (nSPS) is 11.4. The summed E-state index contributed by atoms with van der Waals surface area (Å²) in [4.78, 5) is 44.3. The number of benzene rings is 6. The standard InChI is InChI=1S/C46H44N4O6/c1-2-26-54-40-23-21-32-14-6-8-19-38(32)42(40)43-39-20-9-7-15-33(39)22-24-41(43)55-30-37(51)28-34(17-11-25-49-46(47)48)44(52)50-36-18-10-16-35(27-36)45(53)56-29-31-12-4-3-5-13-31/h2-10,12-16,18-24,27,34H,1,11,17,25-26,28-30H2,(H,50,52)(H4,47,48,49)/t34-/m0/s1. The topological polar surface area (TPSA) is 155 Å². The van der Waals surface area contributed by atoms with E-state index in [2.05, 4.69) is 16.9 Å². The summed E-state index contributed by atoms with van der Waals surface area (Å²) in [5.41, 5.74) is 14.2. The third-order valence-electron chi connectivity index (χ3n) is 9.21. The summed E-state index contributed by atoms with van der Waals surface area (Å²) in [6.45, 7) is 4.26. The lowest BCUT2D eigenvalue weighted by atomic mass is 9.92.